The van der Waals surface area contributed by atoms with E-state index in [4.69, 9.17) is 27.8 Å². The van der Waals surface area contributed by atoms with E-state index in [0.717, 1.165) is 162 Å². The molecule has 0 radical (unpaired) electrons. The summed E-state index contributed by atoms with van der Waals surface area (Å²) >= 11 is 6.35. The molecule has 24 nitrogen and oxygen atoms in total. The lowest BCUT2D eigenvalue weighted by Gasteiger charge is -2.33. The van der Waals surface area contributed by atoms with Gasteiger partial charge in [-0.3, -0.25) is 33.6 Å². The van der Waals surface area contributed by atoms with Gasteiger partial charge in [0.2, 0.25) is 23.6 Å². The molecular formula is C99H111Br2FN4O20. The first-order chi connectivity index (χ1) is 60.4. The lowest BCUT2D eigenvalue weighted by Crippen LogP contribution is -2.42. The van der Waals surface area contributed by atoms with Crippen molar-refractivity contribution in [1.82, 2.24) is 0 Å². The molecule has 0 atom stereocenters. The van der Waals surface area contributed by atoms with E-state index in [2.05, 4.69) is 31.9 Å². The van der Waals surface area contributed by atoms with Crippen molar-refractivity contribution >= 4 is 165 Å². The maximum Gasteiger partial charge on any atom is 0.340 e. The summed E-state index contributed by atoms with van der Waals surface area (Å²) in [4.78, 5) is 142. The molecule has 10 aromatic rings. The number of aliphatic hydroxyl groups excluding tert-OH is 1. The van der Waals surface area contributed by atoms with Gasteiger partial charge < -0.3 is 62.7 Å². The third kappa shape index (κ3) is 23.4. The van der Waals surface area contributed by atoms with E-state index < -0.39 is 23.9 Å². The minimum Gasteiger partial charge on any atom is -0.508 e. The zero-order valence-corrected chi connectivity index (χ0v) is 76.3. The number of phenols is 1. The third-order valence-corrected chi connectivity index (χ3v) is 24.5. The number of nitrogens with zero attached hydrogens (tertiary/aromatic N) is 4. The highest BCUT2D eigenvalue weighted by molar-refractivity contribution is 9.10. The number of amides is 4. The largest absolute Gasteiger partial charge is 0.508 e. The van der Waals surface area contributed by atoms with Crippen molar-refractivity contribution in [3.05, 3.63) is 193 Å². The Balaban J connectivity index is 0.000000170. The van der Waals surface area contributed by atoms with Gasteiger partial charge >= 0.3 is 23.9 Å². The maximum absolute atomic E-state index is 13.5. The smallest absolute Gasteiger partial charge is 0.340 e. The summed E-state index contributed by atoms with van der Waals surface area (Å²) in [5, 5.41) is 32.1. The van der Waals surface area contributed by atoms with E-state index in [-0.39, 0.29) is 106 Å². The number of carboxylic acids is 1. The van der Waals surface area contributed by atoms with Crippen LogP contribution in [0.25, 0.3) is 43.9 Å². The van der Waals surface area contributed by atoms with Gasteiger partial charge in [-0.1, -0.05) is 83.1 Å². The number of methoxy groups -OCH3 is 3. The second-order valence-corrected chi connectivity index (χ2v) is 34.9. The molecular weight excluding hydrogens is 1740 g/mol. The highest BCUT2D eigenvalue weighted by Gasteiger charge is 2.37. The molecule has 27 heteroatoms. The molecule has 4 fully saturated rings. The Morgan fingerprint density at radius 1 is 0.405 bits per heavy atom. The van der Waals surface area contributed by atoms with Crippen molar-refractivity contribution in [2.24, 2.45) is 23.7 Å². The fraction of sp³-hybridized carbons (Fsp3) is 0.404. The van der Waals surface area contributed by atoms with Crippen LogP contribution < -0.4 is 24.3 Å². The molecule has 126 heavy (non-hydrogen) atoms. The predicted molar refractivity (Wildman–Crippen MR) is 490 cm³/mol. The number of rotatable bonds is 22. The van der Waals surface area contributed by atoms with Crippen LogP contribution >= 0.6 is 31.9 Å². The minimum absolute atomic E-state index is 0.00426. The second-order valence-electron chi connectivity index (χ2n) is 33.2. The van der Waals surface area contributed by atoms with Gasteiger partial charge in [0.15, 0.2) is 0 Å². The summed E-state index contributed by atoms with van der Waals surface area (Å²) in [5.74, 6) is -2.17. The molecule has 4 saturated carbocycles. The van der Waals surface area contributed by atoms with Crippen molar-refractivity contribution in [2.45, 2.75) is 215 Å². The second kappa shape index (κ2) is 45.1. The van der Waals surface area contributed by atoms with E-state index in [0.29, 0.717) is 94.1 Å². The quantitative estimate of drug-likeness (QED) is 0.0322. The first kappa shape index (κ1) is 96.8. The average molecular weight is 1860 g/mol. The molecule has 3 N–H and O–H groups in total. The summed E-state index contributed by atoms with van der Waals surface area (Å²) in [6.45, 7) is 15.4. The number of furan rings is 2. The molecule has 0 unspecified atom stereocenters. The van der Waals surface area contributed by atoms with Crippen molar-refractivity contribution in [3.8, 4) is 17.2 Å². The Morgan fingerprint density at radius 3 is 1.15 bits per heavy atom. The zero-order chi connectivity index (χ0) is 91.3. The number of aldehydes is 3. The summed E-state index contributed by atoms with van der Waals surface area (Å²) in [6.07, 6.45) is 22.2. The van der Waals surface area contributed by atoms with Gasteiger partial charge in [0, 0.05) is 86.1 Å². The highest BCUT2D eigenvalue weighted by Crippen LogP contribution is 2.43. The third-order valence-electron chi connectivity index (χ3n) is 23.2. The van der Waals surface area contributed by atoms with Crippen LogP contribution in [0.3, 0.4) is 0 Å². The normalized spacial score (nSPS) is 14.4. The Labute approximate surface area is 749 Å². The molecule has 14 rings (SSSR count). The summed E-state index contributed by atoms with van der Waals surface area (Å²) in [7, 11) is 3.93. The molecule has 4 amide bonds. The van der Waals surface area contributed by atoms with Crippen LogP contribution in [0.15, 0.2) is 151 Å². The molecule has 0 spiro atoms. The number of anilines is 4. The monoisotopic (exact) mass is 1850 g/mol. The predicted octanol–water partition coefficient (Wildman–Crippen LogP) is 22.7. The summed E-state index contributed by atoms with van der Waals surface area (Å²) < 4.78 is 46.0. The SMILES string of the molecule is CC(C)N(C(=O)C1CCCCC1)c1cc2c(cc1C(=O)O)oc1ccc(CO)cc12.COC(=O)c1cc(O)ccc1N(C(=O)C1CCCCC1)C(C)C.COC(=O)c1cc(Oc2ccc(C=O)cc2Br)ccc1N(C(=O)C1CCCCC1)C(C)C.COC(=O)c1cc2oc3ccc(C=O)cc3c2cc1N(C(=O)C1CCCCC1)C(C)C.O=Cc1ccc(F)c(Br)c1. The van der Waals surface area contributed by atoms with Gasteiger partial charge in [-0.05, 0) is 272 Å². The topological polar surface area (TPSA) is 325 Å². The Morgan fingerprint density at radius 2 is 0.754 bits per heavy atom. The van der Waals surface area contributed by atoms with E-state index in [1.807, 2.05) is 67.5 Å². The number of aliphatic hydroxyl groups is 1. The number of hydrogen-bond acceptors (Lipinski definition) is 19. The molecule has 0 saturated heterocycles. The number of benzene rings is 8. The zero-order valence-electron chi connectivity index (χ0n) is 73.1. The van der Waals surface area contributed by atoms with Crippen LogP contribution in [-0.2, 0) is 40.0 Å². The molecule has 0 aliphatic heterocycles. The number of phenolic OH excluding ortho intramolecular Hbond substituents is 1. The maximum atomic E-state index is 13.5. The van der Waals surface area contributed by atoms with E-state index in [1.54, 1.807) is 105 Å². The molecule has 4 aliphatic carbocycles. The summed E-state index contributed by atoms with van der Waals surface area (Å²) in [6, 6.07) is 35.4. The molecule has 8 aromatic carbocycles. The number of carbonyl (C=O) groups excluding carboxylic acids is 10. The average Bonchev–Trinajstić information content (AvgIpc) is 1.60. The standard InChI is InChI=1S/C25H28BrNO5.C25H27NO5.C24H27NO5.C18H25NO4.C7H4BrFO/c1-16(2)27(24(29)18-7-5-4-6-8-18)22-11-10-19(14-20(22)25(30)31-3)32-23-12-9-17(15-28)13-21(23)26;1-15(2)26(24(28)17-7-5-4-6-8-17)21-12-19-18-11-16(14-27)9-10-22(18)31-23(19)13-20(21)25(29)30-3;1-14(2)25(23(27)16-6-4-3-5-7-16)20-11-18-17-10-15(13-26)8-9-21(17)30-22(18)12-19(20)24(28)29;1-12(2)19(17(21)13-7-5-4-6-8-13)16-10-9-14(20)11-15(16)18(22)23-3;8-6-3-5(4-10)1-2-7(6)9/h9-16,18H,4-8H2,1-3H3;9-15,17H,4-8H2,1-3H3;8-12,14,16,26H,3-7,13H2,1-2H3,(H,28,29);9-13,20H,4-8H2,1-3H3;1-4H. The van der Waals surface area contributed by atoms with Gasteiger partial charge in [0.1, 0.15) is 64.3 Å². The highest BCUT2D eigenvalue weighted by atomic mass is 79.9. The number of ether oxygens (including phenoxy) is 4. The fourth-order valence-electron chi connectivity index (χ4n) is 16.9. The number of aromatic hydroxyl groups is 1. The van der Waals surface area contributed by atoms with E-state index in [9.17, 15) is 72.4 Å². The number of esters is 3. The Kier molecular flexibility index (Phi) is 34.7. The lowest BCUT2D eigenvalue weighted by atomic mass is 9.87. The summed E-state index contributed by atoms with van der Waals surface area (Å²) in [5.41, 5.74) is 7.22. The van der Waals surface area contributed by atoms with Crippen molar-refractivity contribution in [1.29, 1.82) is 0 Å². The number of halogens is 3. The number of aromatic carboxylic acids is 1. The fourth-order valence-corrected chi connectivity index (χ4v) is 17.8. The number of carboxylic acid groups (broad SMARTS) is 1. The number of carbonyl (C=O) groups is 11. The van der Waals surface area contributed by atoms with Crippen LogP contribution in [0.4, 0.5) is 27.1 Å². The molecule has 4 aliphatic rings. The first-order valence-electron chi connectivity index (χ1n) is 43.1. The van der Waals surface area contributed by atoms with E-state index >= 15 is 0 Å². The van der Waals surface area contributed by atoms with Gasteiger partial charge in [-0.15, -0.1) is 0 Å². The van der Waals surface area contributed by atoms with Gasteiger partial charge in [-0.2, -0.15) is 0 Å². The van der Waals surface area contributed by atoms with E-state index in [1.165, 1.54) is 64.1 Å². The van der Waals surface area contributed by atoms with Crippen LogP contribution in [0, 0.1) is 29.5 Å². The molecule has 668 valence electrons. The number of hydrogen-bond donors (Lipinski definition) is 3. The molecule has 2 heterocycles. The minimum atomic E-state index is -1.09. The number of fused-ring (bicyclic) bond motifs is 6. The molecule has 0 bridgehead atoms. The van der Waals surface area contributed by atoms with Gasteiger partial charge in [0.05, 0.1) is 81.9 Å². The van der Waals surface area contributed by atoms with Gasteiger partial charge in [-0.25, -0.2) is 23.6 Å². The Bertz CT molecular complexity index is 5610. The first-order valence-corrected chi connectivity index (χ1v) is 44.6. The molecule has 2 aromatic heterocycles. The van der Waals surface area contributed by atoms with Crippen molar-refractivity contribution in [2.75, 3.05) is 40.9 Å². The van der Waals surface area contributed by atoms with Crippen molar-refractivity contribution < 1.29 is 100 Å². The van der Waals surface area contributed by atoms with Crippen LogP contribution in [0.2, 0.25) is 0 Å². The van der Waals surface area contributed by atoms with Crippen LogP contribution in [0.5, 0.6) is 17.2 Å². The Hall–Kier alpha value is -11.4. The lowest BCUT2D eigenvalue weighted by molar-refractivity contribution is -0.124. The van der Waals surface area contributed by atoms with Crippen molar-refractivity contribution in [3.63, 3.8) is 0 Å². The van der Waals surface area contributed by atoms with Crippen LogP contribution in [0.1, 0.15) is 262 Å². The van der Waals surface area contributed by atoms with Crippen LogP contribution in [-0.4, -0.2) is 127 Å². The van der Waals surface area contributed by atoms with Gasteiger partial charge in [0.25, 0.3) is 0 Å².